The molecule has 1 aromatic carbocycles. The molecule has 2 aromatic rings. The Morgan fingerprint density at radius 2 is 1.70 bits per heavy atom. The Labute approximate surface area is 135 Å². The summed E-state index contributed by atoms with van der Waals surface area (Å²) in [4.78, 5) is 23.4. The van der Waals surface area contributed by atoms with Gasteiger partial charge in [0.05, 0.1) is 6.26 Å². The zero-order valence-electron chi connectivity index (χ0n) is 13.3. The molecule has 0 aliphatic carbocycles. The van der Waals surface area contributed by atoms with Crippen molar-refractivity contribution in [2.75, 3.05) is 10.6 Å². The van der Waals surface area contributed by atoms with Crippen LogP contribution in [0, 0.1) is 0 Å². The molecule has 0 saturated carbocycles. The molecule has 0 fully saturated rings. The van der Waals surface area contributed by atoms with E-state index in [9.17, 15) is 9.59 Å². The highest BCUT2D eigenvalue weighted by Gasteiger charge is 2.06. The number of amides is 3. The van der Waals surface area contributed by atoms with Gasteiger partial charge in [-0.05, 0) is 50.2 Å². The number of hydrogen-bond acceptors (Lipinski definition) is 3. The molecule has 122 valence electrons. The number of urea groups is 1. The van der Waals surface area contributed by atoms with Crippen LogP contribution >= 0.6 is 0 Å². The first kappa shape index (κ1) is 16.6. The van der Waals surface area contributed by atoms with E-state index in [1.165, 1.54) is 0 Å². The first-order chi connectivity index (χ1) is 11.0. The molecule has 6 nitrogen and oxygen atoms in total. The van der Waals surface area contributed by atoms with E-state index in [4.69, 9.17) is 4.42 Å². The summed E-state index contributed by atoms with van der Waals surface area (Å²) < 4.78 is 5.19. The summed E-state index contributed by atoms with van der Waals surface area (Å²) >= 11 is 0. The third-order valence-corrected chi connectivity index (χ3v) is 3.02. The average Bonchev–Trinajstić information content (AvgIpc) is 3.00. The maximum absolute atomic E-state index is 11.9. The number of furan rings is 1. The molecule has 6 heteroatoms. The normalized spacial score (nSPS) is 10.4. The highest BCUT2D eigenvalue weighted by molar-refractivity contribution is 5.92. The Hall–Kier alpha value is -2.76. The third-order valence-electron chi connectivity index (χ3n) is 3.02. The van der Waals surface area contributed by atoms with Gasteiger partial charge in [0.2, 0.25) is 5.91 Å². The molecule has 3 N–H and O–H groups in total. The van der Waals surface area contributed by atoms with E-state index in [-0.39, 0.29) is 18.0 Å². The van der Waals surface area contributed by atoms with Gasteiger partial charge >= 0.3 is 6.03 Å². The Morgan fingerprint density at radius 1 is 1.04 bits per heavy atom. The van der Waals surface area contributed by atoms with Gasteiger partial charge in [0.15, 0.2) is 0 Å². The van der Waals surface area contributed by atoms with Crippen LogP contribution in [-0.4, -0.2) is 18.0 Å². The van der Waals surface area contributed by atoms with Crippen molar-refractivity contribution in [1.82, 2.24) is 5.32 Å². The molecule has 1 aromatic heterocycles. The second-order valence-corrected chi connectivity index (χ2v) is 5.46. The number of rotatable bonds is 6. The van der Waals surface area contributed by atoms with Crippen LogP contribution in [0.25, 0.3) is 0 Å². The lowest BCUT2D eigenvalue weighted by molar-refractivity contribution is -0.116. The van der Waals surface area contributed by atoms with Gasteiger partial charge < -0.3 is 20.4 Å². The molecule has 23 heavy (non-hydrogen) atoms. The zero-order valence-corrected chi connectivity index (χ0v) is 13.3. The van der Waals surface area contributed by atoms with Crippen LogP contribution in [0.4, 0.5) is 16.2 Å². The minimum atomic E-state index is -0.254. The summed E-state index contributed by atoms with van der Waals surface area (Å²) in [7, 11) is 0. The number of anilines is 2. The van der Waals surface area contributed by atoms with Crippen molar-refractivity contribution in [2.45, 2.75) is 32.7 Å². The van der Waals surface area contributed by atoms with Gasteiger partial charge in [0.25, 0.3) is 0 Å². The van der Waals surface area contributed by atoms with Crippen molar-refractivity contribution in [3.05, 3.63) is 48.4 Å². The smallest absolute Gasteiger partial charge is 0.319 e. The standard InChI is InChI=1S/C17H21N3O3/c1-12(2)18-17(22)20-14-7-5-13(6-8-14)19-16(21)10-9-15-4-3-11-23-15/h3-8,11-12H,9-10H2,1-2H3,(H,19,21)(H2,18,20,22). The topological polar surface area (TPSA) is 83.4 Å². The van der Waals surface area contributed by atoms with Crippen LogP contribution < -0.4 is 16.0 Å². The van der Waals surface area contributed by atoms with Crippen molar-refractivity contribution in [2.24, 2.45) is 0 Å². The molecule has 0 bridgehead atoms. The SMILES string of the molecule is CC(C)NC(=O)Nc1ccc(NC(=O)CCc2ccco2)cc1. The molecule has 0 aliphatic rings. The van der Waals surface area contributed by atoms with Crippen molar-refractivity contribution in [3.8, 4) is 0 Å². The predicted molar refractivity (Wildman–Crippen MR) is 89.4 cm³/mol. The number of nitrogens with one attached hydrogen (secondary N) is 3. The van der Waals surface area contributed by atoms with Crippen LogP contribution in [0.5, 0.6) is 0 Å². The minimum absolute atomic E-state index is 0.0720. The Morgan fingerprint density at radius 3 is 2.26 bits per heavy atom. The molecular weight excluding hydrogens is 294 g/mol. The van der Waals surface area contributed by atoms with Crippen molar-refractivity contribution < 1.29 is 14.0 Å². The van der Waals surface area contributed by atoms with Gasteiger partial charge in [-0.25, -0.2) is 4.79 Å². The van der Waals surface area contributed by atoms with Crippen LogP contribution in [0.1, 0.15) is 26.0 Å². The van der Waals surface area contributed by atoms with E-state index >= 15 is 0 Å². The van der Waals surface area contributed by atoms with Crippen LogP contribution in [0.3, 0.4) is 0 Å². The van der Waals surface area contributed by atoms with Crippen LogP contribution in [-0.2, 0) is 11.2 Å². The monoisotopic (exact) mass is 315 g/mol. The summed E-state index contributed by atoms with van der Waals surface area (Å²) in [6.07, 6.45) is 2.51. The van der Waals surface area contributed by atoms with Gasteiger partial charge in [0.1, 0.15) is 5.76 Å². The highest BCUT2D eigenvalue weighted by atomic mass is 16.3. The van der Waals surface area contributed by atoms with Crippen LogP contribution in [0.2, 0.25) is 0 Å². The minimum Gasteiger partial charge on any atom is -0.469 e. The van der Waals surface area contributed by atoms with E-state index in [0.717, 1.165) is 5.76 Å². The van der Waals surface area contributed by atoms with E-state index < -0.39 is 0 Å². The van der Waals surface area contributed by atoms with Gasteiger partial charge in [-0.3, -0.25) is 4.79 Å². The van der Waals surface area contributed by atoms with Gasteiger partial charge in [-0.15, -0.1) is 0 Å². The molecule has 0 spiro atoms. The average molecular weight is 315 g/mol. The van der Waals surface area contributed by atoms with E-state index in [2.05, 4.69) is 16.0 Å². The number of hydrogen-bond donors (Lipinski definition) is 3. The molecule has 0 unspecified atom stereocenters. The number of benzene rings is 1. The summed E-state index contributed by atoms with van der Waals surface area (Å²) in [6, 6.07) is 10.4. The van der Waals surface area contributed by atoms with E-state index in [1.54, 1.807) is 36.6 Å². The Kier molecular flexibility index (Phi) is 5.80. The number of carbonyl (C=O) groups excluding carboxylic acids is 2. The summed E-state index contributed by atoms with van der Waals surface area (Å²) in [5.41, 5.74) is 1.35. The number of aryl methyl sites for hydroxylation is 1. The van der Waals surface area contributed by atoms with Crippen LogP contribution in [0.15, 0.2) is 47.1 Å². The molecule has 0 saturated heterocycles. The zero-order chi connectivity index (χ0) is 16.7. The molecule has 2 rings (SSSR count). The first-order valence-corrected chi connectivity index (χ1v) is 7.53. The van der Waals surface area contributed by atoms with Crippen molar-refractivity contribution in [1.29, 1.82) is 0 Å². The Bertz CT molecular complexity index is 634. The lowest BCUT2D eigenvalue weighted by Gasteiger charge is -2.11. The fourth-order valence-electron chi connectivity index (χ4n) is 1.98. The fourth-order valence-corrected chi connectivity index (χ4v) is 1.98. The van der Waals surface area contributed by atoms with Gasteiger partial charge in [0, 0.05) is 30.3 Å². The lowest BCUT2D eigenvalue weighted by atomic mass is 10.2. The maximum atomic E-state index is 11.9. The third kappa shape index (κ3) is 5.86. The molecule has 1 heterocycles. The van der Waals surface area contributed by atoms with Crippen molar-refractivity contribution >= 4 is 23.3 Å². The van der Waals surface area contributed by atoms with Crippen molar-refractivity contribution in [3.63, 3.8) is 0 Å². The fraction of sp³-hybridized carbons (Fsp3) is 0.294. The highest BCUT2D eigenvalue weighted by Crippen LogP contribution is 2.14. The predicted octanol–water partition coefficient (Wildman–Crippen LogP) is 3.38. The maximum Gasteiger partial charge on any atom is 0.319 e. The van der Waals surface area contributed by atoms with E-state index in [1.807, 2.05) is 19.9 Å². The van der Waals surface area contributed by atoms with E-state index in [0.29, 0.717) is 24.2 Å². The second-order valence-electron chi connectivity index (χ2n) is 5.46. The molecule has 0 radical (unpaired) electrons. The first-order valence-electron chi connectivity index (χ1n) is 7.53. The summed E-state index contributed by atoms with van der Waals surface area (Å²) in [5, 5.41) is 8.27. The summed E-state index contributed by atoms with van der Waals surface area (Å²) in [5.74, 6) is 0.704. The van der Waals surface area contributed by atoms with Gasteiger partial charge in [-0.1, -0.05) is 0 Å². The molecular formula is C17H21N3O3. The largest absolute Gasteiger partial charge is 0.469 e. The Balaban J connectivity index is 1.80. The summed E-state index contributed by atoms with van der Waals surface area (Å²) in [6.45, 7) is 3.78. The van der Waals surface area contributed by atoms with Gasteiger partial charge in [-0.2, -0.15) is 0 Å². The molecule has 0 aliphatic heterocycles. The molecule has 0 atom stereocenters. The quantitative estimate of drug-likeness (QED) is 0.764. The lowest BCUT2D eigenvalue weighted by Crippen LogP contribution is -2.34. The number of carbonyl (C=O) groups is 2. The second kappa shape index (κ2) is 8.03. The molecule has 3 amide bonds.